The largest absolute Gasteiger partial charge is 4.00 e. The minimum atomic E-state index is 0. The maximum Gasteiger partial charge on any atom is 4.00 e. The van der Waals surface area contributed by atoms with Gasteiger partial charge in [-0.1, -0.05) is 40.7 Å². The van der Waals surface area contributed by atoms with Crippen molar-refractivity contribution in [1.82, 2.24) is 0 Å². The van der Waals surface area contributed by atoms with Crippen molar-refractivity contribution < 1.29 is 46.5 Å². The van der Waals surface area contributed by atoms with E-state index in [2.05, 4.69) is 50.2 Å². The SMILES string of the molecule is CCCCP(CCCC)c1cc2ccccc2[cH-]1.[Cl-].[Cl-].[Ti+4].c1cc[cH-]c1. The molecule has 0 aromatic heterocycles. The van der Waals surface area contributed by atoms with Crippen molar-refractivity contribution in [3.8, 4) is 0 Å². The minimum absolute atomic E-state index is 0. The standard InChI is InChI=1S/C17H24P.C5H5.2ClH.Ti/c1-3-5-11-18(12-6-4-2)17-13-15-9-7-8-10-16(15)14-17;1-2-4-5-3-1;;;/h7-10,13-14H,3-6,11-12H2,1-2H3;1-5H;2*1H;/q2*-1;;;+4/p-2. The van der Waals surface area contributed by atoms with E-state index in [4.69, 9.17) is 0 Å². The Morgan fingerprint density at radius 3 is 1.88 bits per heavy atom. The van der Waals surface area contributed by atoms with E-state index in [9.17, 15) is 0 Å². The number of hydrogen-bond donors (Lipinski definition) is 0. The Bertz CT molecular complexity index is 591. The van der Waals surface area contributed by atoms with Gasteiger partial charge in [0.2, 0.25) is 0 Å². The molecule has 0 atom stereocenters. The molecule has 0 radical (unpaired) electrons. The zero-order valence-corrected chi connectivity index (χ0v) is 19.8. The number of benzene rings is 1. The van der Waals surface area contributed by atoms with Gasteiger partial charge in [0, 0.05) is 0 Å². The second-order valence-corrected chi connectivity index (χ2v) is 8.49. The first-order valence-electron chi connectivity index (χ1n) is 8.92. The predicted molar refractivity (Wildman–Crippen MR) is 108 cm³/mol. The van der Waals surface area contributed by atoms with Crippen molar-refractivity contribution in [3.05, 3.63) is 66.7 Å². The van der Waals surface area contributed by atoms with E-state index >= 15 is 0 Å². The van der Waals surface area contributed by atoms with Crippen LogP contribution >= 0.6 is 7.92 Å². The molecule has 0 unspecified atom stereocenters. The van der Waals surface area contributed by atoms with E-state index in [0.29, 0.717) is 0 Å². The molecule has 0 bridgehead atoms. The van der Waals surface area contributed by atoms with Crippen LogP contribution in [0, 0.1) is 0 Å². The van der Waals surface area contributed by atoms with Gasteiger partial charge < -0.3 is 24.8 Å². The second kappa shape index (κ2) is 17.0. The predicted octanol–water partition coefficient (Wildman–Crippen LogP) is 0.677. The van der Waals surface area contributed by atoms with E-state index < -0.39 is 0 Å². The molecule has 0 aliphatic rings. The van der Waals surface area contributed by atoms with Crippen LogP contribution in [0.2, 0.25) is 0 Å². The smallest absolute Gasteiger partial charge is 1.00 e. The third-order valence-electron chi connectivity index (χ3n) is 4.09. The van der Waals surface area contributed by atoms with Gasteiger partial charge in [-0.25, -0.2) is 12.1 Å². The summed E-state index contributed by atoms with van der Waals surface area (Å²) in [6, 6.07) is 23.6. The Morgan fingerprint density at radius 2 is 1.42 bits per heavy atom. The van der Waals surface area contributed by atoms with Crippen molar-refractivity contribution in [2.45, 2.75) is 39.5 Å². The molecule has 0 fully saturated rings. The van der Waals surface area contributed by atoms with Crippen molar-refractivity contribution in [2.75, 3.05) is 12.3 Å². The van der Waals surface area contributed by atoms with Crippen LogP contribution in [-0.4, -0.2) is 12.3 Å². The number of unbranched alkanes of at least 4 members (excludes halogenated alkanes) is 2. The van der Waals surface area contributed by atoms with Crippen LogP contribution in [0.4, 0.5) is 0 Å². The van der Waals surface area contributed by atoms with Crippen LogP contribution in [0.15, 0.2) is 66.7 Å². The van der Waals surface area contributed by atoms with Crippen LogP contribution < -0.4 is 30.1 Å². The molecule has 0 aliphatic carbocycles. The Balaban J connectivity index is 0. The average Bonchev–Trinajstić information content (AvgIpc) is 3.27. The monoisotopic (exact) mass is 442 g/mol. The molecule has 0 heterocycles. The van der Waals surface area contributed by atoms with Crippen molar-refractivity contribution in [1.29, 1.82) is 0 Å². The molecule has 0 amide bonds. The molecule has 0 N–H and O–H groups in total. The number of halogens is 2. The first-order valence-corrected chi connectivity index (χ1v) is 10.6. The summed E-state index contributed by atoms with van der Waals surface area (Å²) in [4.78, 5) is 0. The zero-order valence-electron chi connectivity index (χ0n) is 15.8. The van der Waals surface area contributed by atoms with Crippen molar-refractivity contribution >= 4 is 24.0 Å². The fourth-order valence-corrected chi connectivity index (χ4v) is 5.48. The molecule has 0 aliphatic heterocycles. The van der Waals surface area contributed by atoms with E-state index in [1.54, 1.807) is 5.30 Å². The molecule has 0 spiro atoms. The van der Waals surface area contributed by atoms with E-state index in [1.807, 2.05) is 30.3 Å². The summed E-state index contributed by atoms with van der Waals surface area (Å²) < 4.78 is 0. The van der Waals surface area contributed by atoms with Gasteiger partial charge >= 0.3 is 21.7 Å². The molecule has 3 aromatic carbocycles. The molecular weight excluding hydrogens is 414 g/mol. The average molecular weight is 443 g/mol. The van der Waals surface area contributed by atoms with Gasteiger partial charge in [0.1, 0.15) is 0 Å². The van der Waals surface area contributed by atoms with Crippen molar-refractivity contribution in [3.63, 3.8) is 0 Å². The Hall–Kier alpha value is -0.0957. The van der Waals surface area contributed by atoms with Gasteiger partial charge in [0.25, 0.3) is 0 Å². The second-order valence-electron chi connectivity index (χ2n) is 6.00. The molecule has 0 saturated carbocycles. The molecule has 3 aromatic rings. The summed E-state index contributed by atoms with van der Waals surface area (Å²) in [6.45, 7) is 4.60. The molecule has 0 saturated heterocycles. The van der Waals surface area contributed by atoms with Crippen LogP contribution in [0.1, 0.15) is 39.5 Å². The normalized spacial score (nSPS) is 9.50. The number of rotatable bonds is 7. The first kappa shape index (κ1) is 28.1. The van der Waals surface area contributed by atoms with Gasteiger partial charge in [0.05, 0.1) is 0 Å². The molecule has 140 valence electrons. The van der Waals surface area contributed by atoms with E-state index in [0.717, 1.165) is 0 Å². The Morgan fingerprint density at radius 1 is 0.846 bits per heavy atom. The third kappa shape index (κ3) is 9.73. The summed E-state index contributed by atoms with van der Waals surface area (Å²) in [6.07, 6.45) is 8.26. The van der Waals surface area contributed by atoms with Crippen LogP contribution in [0.3, 0.4) is 0 Å². The van der Waals surface area contributed by atoms with Gasteiger partial charge in [-0.3, -0.25) is 0 Å². The maximum absolute atomic E-state index is 2.44. The molecule has 26 heavy (non-hydrogen) atoms. The van der Waals surface area contributed by atoms with Crippen LogP contribution in [-0.2, 0) is 21.7 Å². The van der Waals surface area contributed by atoms with Gasteiger partial charge in [0.15, 0.2) is 0 Å². The maximum atomic E-state index is 2.44. The third-order valence-corrected chi connectivity index (χ3v) is 6.79. The number of fused-ring (bicyclic) bond motifs is 1. The molecule has 4 heteroatoms. The summed E-state index contributed by atoms with van der Waals surface area (Å²) in [7, 11) is 0.0856. The molecule has 0 nitrogen and oxygen atoms in total. The zero-order chi connectivity index (χ0) is 16.3. The van der Waals surface area contributed by atoms with Crippen LogP contribution in [0.5, 0.6) is 0 Å². The van der Waals surface area contributed by atoms with Gasteiger partial charge in [-0.2, -0.15) is 24.3 Å². The quantitative estimate of drug-likeness (QED) is 0.286. The molecule has 3 rings (SSSR count). The summed E-state index contributed by atoms with van der Waals surface area (Å²) in [5, 5.41) is 4.48. The van der Waals surface area contributed by atoms with Crippen molar-refractivity contribution in [2.24, 2.45) is 0 Å². The van der Waals surface area contributed by atoms with Gasteiger partial charge in [-0.15, -0.1) is 40.3 Å². The van der Waals surface area contributed by atoms with Crippen LogP contribution in [0.25, 0.3) is 10.8 Å². The number of hydrogen-bond acceptors (Lipinski definition) is 0. The topological polar surface area (TPSA) is 0 Å². The summed E-state index contributed by atoms with van der Waals surface area (Å²) in [5.74, 6) is 0. The van der Waals surface area contributed by atoms with Gasteiger partial charge in [-0.05, 0) is 25.2 Å². The van der Waals surface area contributed by atoms with E-state index in [-0.39, 0.29) is 54.5 Å². The fourth-order valence-electron chi connectivity index (χ4n) is 2.71. The minimum Gasteiger partial charge on any atom is -1.00 e. The fraction of sp³-hybridized carbons (Fsp3) is 0.364. The molecular formula is C22H29Cl2PTi. The summed E-state index contributed by atoms with van der Waals surface area (Å²) >= 11 is 0. The Labute approximate surface area is 188 Å². The first-order chi connectivity index (χ1) is 11.3. The van der Waals surface area contributed by atoms with E-state index in [1.165, 1.54) is 48.8 Å². The Kier molecular flexibility index (Phi) is 18.4. The summed E-state index contributed by atoms with van der Waals surface area (Å²) in [5.41, 5.74) is 0.